The smallest absolute Gasteiger partial charge is 0.264 e. The van der Waals surface area contributed by atoms with Crippen LogP contribution in [-0.4, -0.2) is 44.1 Å². The second kappa shape index (κ2) is 5.88. The zero-order valence-corrected chi connectivity index (χ0v) is 11.4. The number of benzene rings is 1. The van der Waals surface area contributed by atoms with Gasteiger partial charge in [-0.15, -0.1) is 0 Å². The van der Waals surface area contributed by atoms with Gasteiger partial charge in [0.1, 0.15) is 0 Å². The summed E-state index contributed by atoms with van der Waals surface area (Å²) in [5.41, 5.74) is 0. The van der Waals surface area contributed by atoms with Crippen molar-refractivity contribution in [1.29, 1.82) is 0 Å². The molecule has 0 aliphatic heterocycles. The Morgan fingerprint density at radius 1 is 1.14 bits per heavy atom. The third-order valence-corrected chi connectivity index (χ3v) is 2.84. The van der Waals surface area contributed by atoms with Crippen molar-refractivity contribution in [2.75, 3.05) is 0 Å². The van der Waals surface area contributed by atoms with Crippen LogP contribution in [0, 0.1) is 0 Å². The monoisotopic (exact) mass is 223 g/mol. The van der Waals surface area contributed by atoms with Gasteiger partial charge in [-0.2, -0.15) is 8.42 Å². The van der Waals surface area contributed by atoms with Crippen LogP contribution in [0.1, 0.15) is 13.8 Å². The molecule has 0 saturated heterocycles. The predicted octanol–water partition coefficient (Wildman–Crippen LogP) is 1.42. The van der Waals surface area contributed by atoms with E-state index in [1.165, 1.54) is 12.1 Å². The van der Waals surface area contributed by atoms with Gasteiger partial charge in [-0.3, -0.25) is 4.18 Å². The maximum atomic E-state index is 11.4. The molecule has 5 heteroatoms. The first-order valence-corrected chi connectivity index (χ1v) is 5.41. The second-order valence-corrected chi connectivity index (χ2v) is 4.48. The van der Waals surface area contributed by atoms with E-state index in [4.69, 9.17) is 4.18 Å². The minimum Gasteiger partial charge on any atom is -0.264 e. The summed E-state index contributed by atoms with van der Waals surface area (Å²) in [6, 6.07) is 8.11. The fourth-order valence-electron chi connectivity index (χ4n) is 0.896. The predicted molar refractivity (Wildman–Crippen MR) is 55.6 cm³/mol. The summed E-state index contributed by atoms with van der Waals surface area (Å²) in [5, 5.41) is 0. The van der Waals surface area contributed by atoms with Crippen molar-refractivity contribution in [2.24, 2.45) is 0 Å². The molecule has 0 atom stereocenters. The topological polar surface area (TPSA) is 43.4 Å². The van der Waals surface area contributed by atoms with Crippen LogP contribution in [0.5, 0.6) is 0 Å². The molecule has 0 unspecified atom stereocenters. The van der Waals surface area contributed by atoms with Crippen LogP contribution in [-0.2, 0) is 14.3 Å². The Morgan fingerprint density at radius 3 is 2.07 bits per heavy atom. The standard InChI is InChI=1S/C9H12O3S.Na/c1-8(2)12-13(10,11)9-6-4-3-5-7-9;/h3-8H,1-2H3;. The minimum atomic E-state index is -3.56. The van der Waals surface area contributed by atoms with E-state index in [0.29, 0.717) is 0 Å². The zero-order valence-electron chi connectivity index (χ0n) is 8.60. The fraction of sp³-hybridized carbons (Fsp3) is 0.333. The summed E-state index contributed by atoms with van der Waals surface area (Å²) in [4.78, 5) is 0.198. The van der Waals surface area contributed by atoms with Crippen LogP contribution < -0.4 is 0 Å². The molecule has 3 nitrogen and oxygen atoms in total. The van der Waals surface area contributed by atoms with E-state index in [2.05, 4.69) is 0 Å². The van der Waals surface area contributed by atoms with Gasteiger partial charge in [-0.25, -0.2) is 0 Å². The number of rotatable bonds is 3. The Balaban J connectivity index is 0.00000169. The molecule has 0 aliphatic carbocycles. The van der Waals surface area contributed by atoms with E-state index < -0.39 is 10.1 Å². The number of hydrogen-bond donors (Lipinski definition) is 0. The molecule has 1 radical (unpaired) electrons. The fourth-order valence-corrected chi connectivity index (χ4v) is 2.00. The van der Waals surface area contributed by atoms with Crippen molar-refractivity contribution in [2.45, 2.75) is 24.8 Å². The third-order valence-electron chi connectivity index (χ3n) is 1.35. The van der Waals surface area contributed by atoms with Crippen LogP contribution in [0.2, 0.25) is 0 Å². The van der Waals surface area contributed by atoms with Crippen LogP contribution in [0.3, 0.4) is 0 Å². The van der Waals surface area contributed by atoms with Crippen molar-refractivity contribution < 1.29 is 12.6 Å². The van der Waals surface area contributed by atoms with E-state index in [1.807, 2.05) is 0 Å². The summed E-state index contributed by atoms with van der Waals surface area (Å²) in [7, 11) is -3.56. The molecule has 0 aromatic heterocycles. The third kappa shape index (κ3) is 4.11. The van der Waals surface area contributed by atoms with Crippen molar-refractivity contribution in [3.63, 3.8) is 0 Å². The molecular weight excluding hydrogens is 211 g/mol. The Bertz CT molecular complexity index is 359. The summed E-state index contributed by atoms with van der Waals surface area (Å²) < 4.78 is 27.6. The Morgan fingerprint density at radius 2 is 1.64 bits per heavy atom. The van der Waals surface area contributed by atoms with Gasteiger partial charge >= 0.3 is 0 Å². The van der Waals surface area contributed by atoms with E-state index in [1.54, 1.807) is 32.0 Å². The molecule has 73 valence electrons. The van der Waals surface area contributed by atoms with Gasteiger partial charge in [-0.05, 0) is 26.0 Å². The molecule has 0 aliphatic rings. The summed E-state index contributed by atoms with van der Waals surface area (Å²) >= 11 is 0. The van der Waals surface area contributed by atoms with Gasteiger partial charge in [0, 0.05) is 29.6 Å². The van der Waals surface area contributed by atoms with Crippen LogP contribution in [0.15, 0.2) is 35.2 Å². The van der Waals surface area contributed by atoms with Crippen molar-refractivity contribution in [1.82, 2.24) is 0 Å². The van der Waals surface area contributed by atoms with Crippen molar-refractivity contribution in [3.8, 4) is 0 Å². The Labute approximate surface area is 107 Å². The van der Waals surface area contributed by atoms with Crippen LogP contribution in [0.4, 0.5) is 0 Å². The zero-order chi connectivity index (χ0) is 9.90. The first kappa shape index (κ1) is 14.1. The molecule has 0 spiro atoms. The van der Waals surface area contributed by atoms with E-state index in [-0.39, 0.29) is 40.6 Å². The van der Waals surface area contributed by atoms with Gasteiger partial charge in [0.25, 0.3) is 10.1 Å². The van der Waals surface area contributed by atoms with E-state index in [0.717, 1.165) is 0 Å². The molecule has 14 heavy (non-hydrogen) atoms. The van der Waals surface area contributed by atoms with Gasteiger partial charge in [0.15, 0.2) is 0 Å². The van der Waals surface area contributed by atoms with E-state index >= 15 is 0 Å². The largest absolute Gasteiger partial charge is 0.297 e. The van der Waals surface area contributed by atoms with Crippen molar-refractivity contribution >= 4 is 39.7 Å². The average Bonchev–Trinajstić information content (AvgIpc) is 2.04. The molecular formula is C9H12NaO3S. The van der Waals surface area contributed by atoms with Crippen LogP contribution >= 0.6 is 0 Å². The first-order chi connectivity index (χ1) is 6.02. The van der Waals surface area contributed by atoms with E-state index in [9.17, 15) is 8.42 Å². The molecule has 0 saturated carbocycles. The number of hydrogen-bond acceptors (Lipinski definition) is 3. The maximum absolute atomic E-state index is 11.4. The molecule has 0 fully saturated rings. The van der Waals surface area contributed by atoms with Gasteiger partial charge < -0.3 is 0 Å². The Hall–Kier alpha value is 0.130. The average molecular weight is 223 g/mol. The molecule has 1 aromatic carbocycles. The van der Waals surface area contributed by atoms with Crippen LogP contribution in [0.25, 0.3) is 0 Å². The Kier molecular flexibility index (Phi) is 5.93. The van der Waals surface area contributed by atoms with Gasteiger partial charge in [-0.1, -0.05) is 18.2 Å². The minimum absolute atomic E-state index is 0. The quantitative estimate of drug-likeness (QED) is 0.575. The molecule has 0 bridgehead atoms. The second-order valence-electron chi connectivity index (χ2n) is 2.91. The van der Waals surface area contributed by atoms with Crippen molar-refractivity contribution in [3.05, 3.63) is 30.3 Å². The molecule has 0 N–H and O–H groups in total. The maximum Gasteiger partial charge on any atom is 0.297 e. The molecule has 0 heterocycles. The van der Waals surface area contributed by atoms with Gasteiger partial charge in [0.05, 0.1) is 11.0 Å². The first-order valence-electron chi connectivity index (χ1n) is 4.01. The molecule has 1 rings (SSSR count). The molecule has 1 aromatic rings. The summed E-state index contributed by atoms with van der Waals surface area (Å²) in [6.07, 6.45) is -0.329. The molecule has 0 amide bonds. The van der Waals surface area contributed by atoms with Gasteiger partial charge in [0.2, 0.25) is 0 Å². The SMILES string of the molecule is CC(C)OS(=O)(=O)c1ccccc1.[Na]. The summed E-state index contributed by atoms with van der Waals surface area (Å²) in [5.74, 6) is 0. The normalized spacial score (nSPS) is 11.1. The summed E-state index contributed by atoms with van der Waals surface area (Å²) in [6.45, 7) is 3.36.